The first kappa shape index (κ1) is 21.0. The van der Waals surface area contributed by atoms with E-state index >= 15 is 0 Å². The Morgan fingerprint density at radius 1 is 0.828 bits per heavy atom. The van der Waals surface area contributed by atoms with Gasteiger partial charge >= 0.3 is 0 Å². The Morgan fingerprint density at radius 3 is 2.03 bits per heavy atom. The molecule has 0 unspecified atom stereocenters. The number of hydrogen-bond donors (Lipinski definition) is 1. The van der Waals surface area contributed by atoms with E-state index in [0.29, 0.717) is 0 Å². The number of fused-ring (bicyclic) bond motifs is 1. The van der Waals surface area contributed by atoms with Crippen LogP contribution in [0, 0.1) is 0 Å². The first-order valence-electron chi connectivity index (χ1n) is 9.76. The molecule has 0 atom stereocenters. The molecule has 1 aromatic heterocycles. The SMILES string of the molecule is COc1ccc2[nH]cc(CCN(Cc3ccccc3)Cc3ccccc3)c2c1.Cl. The van der Waals surface area contributed by atoms with Gasteiger partial charge in [0, 0.05) is 36.7 Å². The van der Waals surface area contributed by atoms with Crippen LogP contribution >= 0.6 is 12.4 Å². The summed E-state index contributed by atoms with van der Waals surface area (Å²) in [5.41, 5.74) is 5.19. The van der Waals surface area contributed by atoms with Crippen molar-refractivity contribution in [3.63, 3.8) is 0 Å². The fourth-order valence-corrected chi connectivity index (χ4v) is 3.67. The van der Waals surface area contributed by atoms with Crippen LogP contribution in [-0.4, -0.2) is 23.5 Å². The lowest BCUT2D eigenvalue weighted by molar-refractivity contribution is 0.260. The zero-order valence-corrected chi connectivity index (χ0v) is 17.5. The lowest BCUT2D eigenvalue weighted by atomic mass is 10.1. The molecule has 29 heavy (non-hydrogen) atoms. The van der Waals surface area contributed by atoms with Crippen LogP contribution in [0.2, 0.25) is 0 Å². The van der Waals surface area contributed by atoms with Crippen molar-refractivity contribution >= 4 is 23.3 Å². The lowest BCUT2D eigenvalue weighted by Gasteiger charge is -2.22. The van der Waals surface area contributed by atoms with Crippen LogP contribution in [0.4, 0.5) is 0 Å². The van der Waals surface area contributed by atoms with Crippen molar-refractivity contribution in [2.24, 2.45) is 0 Å². The van der Waals surface area contributed by atoms with Crippen molar-refractivity contribution in [3.05, 3.63) is 102 Å². The molecule has 4 rings (SSSR count). The second kappa shape index (κ2) is 10.1. The van der Waals surface area contributed by atoms with E-state index < -0.39 is 0 Å². The Balaban J connectivity index is 0.00000240. The summed E-state index contributed by atoms with van der Waals surface area (Å²) in [4.78, 5) is 5.91. The highest BCUT2D eigenvalue weighted by Crippen LogP contribution is 2.24. The predicted molar refractivity (Wildman–Crippen MR) is 123 cm³/mol. The van der Waals surface area contributed by atoms with E-state index in [-0.39, 0.29) is 12.4 Å². The highest BCUT2D eigenvalue weighted by Gasteiger charge is 2.10. The topological polar surface area (TPSA) is 28.3 Å². The summed E-state index contributed by atoms with van der Waals surface area (Å²) in [5, 5.41) is 1.25. The highest BCUT2D eigenvalue weighted by atomic mass is 35.5. The molecule has 4 aromatic rings. The van der Waals surface area contributed by atoms with Gasteiger partial charge in [-0.1, -0.05) is 60.7 Å². The van der Waals surface area contributed by atoms with Gasteiger partial charge in [-0.25, -0.2) is 0 Å². The maximum atomic E-state index is 5.41. The number of hydrogen-bond acceptors (Lipinski definition) is 2. The summed E-state index contributed by atoms with van der Waals surface area (Å²) in [7, 11) is 1.72. The summed E-state index contributed by atoms with van der Waals surface area (Å²) in [5.74, 6) is 0.902. The number of aromatic amines is 1. The van der Waals surface area contributed by atoms with Gasteiger partial charge in [-0.05, 0) is 41.3 Å². The quantitative estimate of drug-likeness (QED) is 0.398. The van der Waals surface area contributed by atoms with Gasteiger partial charge in [0.05, 0.1) is 7.11 Å². The molecule has 0 radical (unpaired) electrons. The first-order chi connectivity index (χ1) is 13.8. The molecular formula is C25H27ClN2O. The molecule has 1 N–H and O–H groups in total. The van der Waals surface area contributed by atoms with E-state index in [2.05, 4.69) is 88.9 Å². The van der Waals surface area contributed by atoms with E-state index in [1.807, 2.05) is 6.07 Å². The number of nitrogens with one attached hydrogen (secondary N) is 1. The van der Waals surface area contributed by atoms with Crippen molar-refractivity contribution in [1.82, 2.24) is 9.88 Å². The molecule has 0 saturated heterocycles. The van der Waals surface area contributed by atoms with Crippen molar-refractivity contribution in [1.29, 1.82) is 0 Å². The monoisotopic (exact) mass is 406 g/mol. The number of nitrogens with zero attached hydrogens (tertiary/aromatic N) is 1. The second-order valence-electron chi connectivity index (χ2n) is 7.16. The standard InChI is InChI=1S/C25H26N2O.ClH/c1-28-23-12-13-25-24(16-23)22(17-26-25)14-15-27(18-20-8-4-2-5-9-20)19-21-10-6-3-7-11-21;/h2-13,16-17,26H,14-15,18-19H2,1H3;1H. The van der Waals surface area contributed by atoms with E-state index in [0.717, 1.165) is 37.3 Å². The molecule has 0 spiro atoms. The van der Waals surface area contributed by atoms with E-state index in [1.54, 1.807) is 7.11 Å². The summed E-state index contributed by atoms with van der Waals surface area (Å²) in [6, 6.07) is 27.6. The zero-order chi connectivity index (χ0) is 19.2. The Labute approximate surface area is 178 Å². The number of H-pyrrole nitrogens is 1. The summed E-state index contributed by atoms with van der Waals surface area (Å²) in [6.45, 7) is 2.89. The van der Waals surface area contributed by atoms with Crippen LogP contribution in [0.15, 0.2) is 85.1 Å². The fourth-order valence-electron chi connectivity index (χ4n) is 3.67. The van der Waals surface area contributed by atoms with Gasteiger partial charge in [-0.15, -0.1) is 12.4 Å². The molecule has 3 nitrogen and oxygen atoms in total. The van der Waals surface area contributed by atoms with Crippen LogP contribution in [-0.2, 0) is 19.5 Å². The van der Waals surface area contributed by atoms with Crippen LogP contribution < -0.4 is 4.74 Å². The number of aromatic nitrogens is 1. The number of methoxy groups -OCH3 is 1. The first-order valence-corrected chi connectivity index (χ1v) is 9.76. The van der Waals surface area contributed by atoms with Crippen LogP contribution in [0.25, 0.3) is 10.9 Å². The van der Waals surface area contributed by atoms with Gasteiger partial charge in [0.2, 0.25) is 0 Å². The Kier molecular flexibility index (Phi) is 7.34. The Hall–Kier alpha value is -2.75. The Morgan fingerprint density at radius 2 is 1.45 bits per heavy atom. The molecule has 1 heterocycles. The maximum Gasteiger partial charge on any atom is 0.119 e. The summed E-state index contributed by atoms with van der Waals surface area (Å²) < 4.78 is 5.41. The van der Waals surface area contributed by atoms with Gasteiger partial charge in [-0.3, -0.25) is 4.90 Å². The van der Waals surface area contributed by atoms with Crippen LogP contribution in [0.3, 0.4) is 0 Å². The van der Waals surface area contributed by atoms with Crippen LogP contribution in [0.5, 0.6) is 5.75 Å². The van der Waals surface area contributed by atoms with Crippen molar-refractivity contribution in [2.75, 3.05) is 13.7 Å². The number of ether oxygens (including phenoxy) is 1. The smallest absolute Gasteiger partial charge is 0.119 e. The summed E-state index contributed by atoms with van der Waals surface area (Å²) in [6.07, 6.45) is 3.13. The van der Waals surface area contributed by atoms with Crippen LogP contribution in [0.1, 0.15) is 16.7 Å². The molecule has 3 aromatic carbocycles. The highest BCUT2D eigenvalue weighted by molar-refractivity contribution is 5.85. The molecule has 0 fully saturated rings. The molecule has 150 valence electrons. The summed E-state index contributed by atoms with van der Waals surface area (Å²) >= 11 is 0. The molecule has 0 aliphatic rings. The van der Waals surface area contributed by atoms with Crippen molar-refractivity contribution in [2.45, 2.75) is 19.5 Å². The van der Waals surface area contributed by atoms with Gasteiger partial charge in [-0.2, -0.15) is 0 Å². The third-order valence-corrected chi connectivity index (χ3v) is 5.17. The molecular weight excluding hydrogens is 380 g/mol. The van der Waals surface area contributed by atoms with Crippen molar-refractivity contribution < 1.29 is 4.74 Å². The fraction of sp³-hybridized carbons (Fsp3) is 0.200. The third kappa shape index (κ3) is 5.41. The second-order valence-corrected chi connectivity index (χ2v) is 7.16. The average molecular weight is 407 g/mol. The van der Waals surface area contributed by atoms with Gasteiger partial charge in [0.1, 0.15) is 5.75 Å². The molecule has 0 aliphatic heterocycles. The minimum Gasteiger partial charge on any atom is -0.497 e. The molecule has 0 saturated carbocycles. The minimum absolute atomic E-state index is 0. The van der Waals surface area contributed by atoms with Crippen molar-refractivity contribution in [3.8, 4) is 5.75 Å². The number of benzene rings is 3. The molecule has 0 aliphatic carbocycles. The van der Waals surface area contributed by atoms with Gasteiger partial charge in [0.15, 0.2) is 0 Å². The zero-order valence-electron chi connectivity index (χ0n) is 16.7. The Bertz CT molecular complexity index is 973. The molecule has 0 bridgehead atoms. The number of halogens is 1. The van der Waals surface area contributed by atoms with E-state index in [1.165, 1.54) is 22.1 Å². The van der Waals surface area contributed by atoms with Gasteiger partial charge in [0.25, 0.3) is 0 Å². The average Bonchev–Trinajstić information content (AvgIpc) is 3.15. The van der Waals surface area contributed by atoms with E-state index in [9.17, 15) is 0 Å². The largest absolute Gasteiger partial charge is 0.497 e. The molecule has 4 heteroatoms. The van der Waals surface area contributed by atoms with E-state index in [4.69, 9.17) is 4.74 Å². The van der Waals surface area contributed by atoms with Gasteiger partial charge < -0.3 is 9.72 Å². The lowest BCUT2D eigenvalue weighted by Crippen LogP contribution is -2.25. The predicted octanol–water partition coefficient (Wildman–Crippen LogP) is 5.84. The minimum atomic E-state index is 0. The maximum absolute atomic E-state index is 5.41. The third-order valence-electron chi connectivity index (χ3n) is 5.17. The molecule has 0 amide bonds. The number of rotatable bonds is 8. The normalized spacial score (nSPS) is 10.8.